The molecule has 0 aliphatic heterocycles. The van der Waals surface area contributed by atoms with Crippen molar-refractivity contribution >= 4 is 28.6 Å². The molecule has 0 amide bonds. The fourth-order valence-corrected chi connectivity index (χ4v) is 1.51. The van der Waals surface area contributed by atoms with Gasteiger partial charge in [0, 0.05) is 5.33 Å². The van der Waals surface area contributed by atoms with E-state index in [0.29, 0.717) is 5.41 Å². The first-order valence-electron chi connectivity index (χ1n) is 3.63. The zero-order chi connectivity index (χ0) is 9.33. The molecule has 0 N–H and O–H groups in total. The van der Waals surface area contributed by atoms with Crippen molar-refractivity contribution in [3.63, 3.8) is 0 Å². The van der Waals surface area contributed by atoms with Crippen LogP contribution in [-0.2, 0) is 0 Å². The standard InChI is InChI=1S/C7H15Br.CHNS/c1-4-7(2,3)5-6-8;2-1-3/h4-6H2,1-3H3;3H. The molecule has 0 aromatic heterocycles. The lowest BCUT2D eigenvalue weighted by Crippen LogP contribution is -2.09. The number of alkyl halides is 1. The monoisotopic (exact) mass is 237 g/mol. The molecule has 0 saturated carbocycles. The molecule has 0 bridgehead atoms. The molecular weight excluding hydrogens is 222 g/mol. The Bertz CT molecular complexity index is 118. The number of nitriles is 1. The fraction of sp³-hybridized carbons (Fsp3) is 0.875. The predicted octanol–water partition coefficient (Wildman–Crippen LogP) is 3.60. The third kappa shape index (κ3) is 13.3. The molecule has 11 heavy (non-hydrogen) atoms. The third-order valence-corrected chi connectivity index (χ3v) is 2.12. The van der Waals surface area contributed by atoms with Crippen LogP contribution in [0.2, 0.25) is 0 Å². The Hall–Kier alpha value is 0.320. The molecular formula is C8H16BrNS. The van der Waals surface area contributed by atoms with Crippen LogP contribution in [0.15, 0.2) is 0 Å². The van der Waals surface area contributed by atoms with Gasteiger partial charge in [0.15, 0.2) is 0 Å². The predicted molar refractivity (Wildman–Crippen MR) is 57.1 cm³/mol. The summed E-state index contributed by atoms with van der Waals surface area (Å²) in [5.74, 6) is 0. The zero-order valence-corrected chi connectivity index (χ0v) is 9.87. The minimum Gasteiger partial charge on any atom is -0.185 e. The summed E-state index contributed by atoms with van der Waals surface area (Å²) in [6, 6.07) is 0. The van der Waals surface area contributed by atoms with E-state index in [1.165, 1.54) is 18.2 Å². The van der Waals surface area contributed by atoms with E-state index in [-0.39, 0.29) is 0 Å². The second-order valence-corrected chi connectivity index (χ2v) is 4.05. The quantitative estimate of drug-likeness (QED) is 0.453. The van der Waals surface area contributed by atoms with Crippen molar-refractivity contribution in [1.82, 2.24) is 0 Å². The molecule has 0 unspecified atom stereocenters. The molecule has 0 aliphatic carbocycles. The summed E-state index contributed by atoms with van der Waals surface area (Å²) in [6.07, 6.45) is 2.56. The van der Waals surface area contributed by atoms with Gasteiger partial charge in [-0.15, -0.1) is 0 Å². The van der Waals surface area contributed by atoms with Crippen molar-refractivity contribution < 1.29 is 0 Å². The van der Waals surface area contributed by atoms with E-state index in [4.69, 9.17) is 5.26 Å². The molecule has 0 spiro atoms. The van der Waals surface area contributed by atoms with Gasteiger partial charge in [-0.05, 0) is 11.8 Å². The Labute approximate surface area is 83.7 Å². The molecule has 0 heterocycles. The second-order valence-electron chi connectivity index (χ2n) is 3.06. The van der Waals surface area contributed by atoms with Crippen LogP contribution in [0.1, 0.15) is 33.6 Å². The number of rotatable bonds is 3. The number of nitrogens with zero attached hydrogens (tertiary/aromatic N) is 1. The smallest absolute Gasteiger partial charge is 0.130 e. The van der Waals surface area contributed by atoms with Crippen LogP contribution in [-0.4, -0.2) is 5.33 Å². The topological polar surface area (TPSA) is 23.8 Å². The number of thiocyanates is 1. The van der Waals surface area contributed by atoms with Crippen LogP contribution in [0, 0.1) is 16.1 Å². The zero-order valence-electron chi connectivity index (χ0n) is 7.39. The maximum absolute atomic E-state index is 7.18. The Kier molecular flexibility index (Phi) is 10.6. The van der Waals surface area contributed by atoms with Gasteiger partial charge < -0.3 is 0 Å². The van der Waals surface area contributed by atoms with Crippen LogP contribution in [0.25, 0.3) is 0 Å². The van der Waals surface area contributed by atoms with Crippen molar-refractivity contribution in [2.24, 2.45) is 5.41 Å². The van der Waals surface area contributed by atoms with Gasteiger partial charge in [-0.25, -0.2) is 0 Å². The van der Waals surface area contributed by atoms with Crippen molar-refractivity contribution in [2.45, 2.75) is 33.6 Å². The number of hydrogen-bond acceptors (Lipinski definition) is 2. The van der Waals surface area contributed by atoms with Crippen LogP contribution < -0.4 is 0 Å². The summed E-state index contributed by atoms with van der Waals surface area (Å²) in [4.78, 5) is 0. The van der Waals surface area contributed by atoms with Crippen LogP contribution >= 0.6 is 28.6 Å². The summed E-state index contributed by atoms with van der Waals surface area (Å²) in [7, 11) is 0. The molecule has 0 aromatic carbocycles. The maximum atomic E-state index is 7.18. The van der Waals surface area contributed by atoms with E-state index in [9.17, 15) is 0 Å². The maximum Gasteiger partial charge on any atom is 0.130 e. The normalized spacial score (nSPS) is 9.45. The highest BCUT2D eigenvalue weighted by Crippen LogP contribution is 2.24. The molecule has 0 radical (unpaired) electrons. The summed E-state index contributed by atoms with van der Waals surface area (Å²) in [6.45, 7) is 6.84. The van der Waals surface area contributed by atoms with E-state index >= 15 is 0 Å². The van der Waals surface area contributed by atoms with Crippen LogP contribution in [0.4, 0.5) is 0 Å². The first-order valence-corrected chi connectivity index (χ1v) is 5.20. The first kappa shape index (κ1) is 13.9. The van der Waals surface area contributed by atoms with Crippen molar-refractivity contribution in [2.75, 3.05) is 5.33 Å². The highest BCUT2D eigenvalue weighted by atomic mass is 79.9. The van der Waals surface area contributed by atoms with Gasteiger partial charge in [0.05, 0.1) is 0 Å². The number of halogens is 1. The molecule has 0 atom stereocenters. The van der Waals surface area contributed by atoms with E-state index in [1.807, 2.05) is 0 Å². The van der Waals surface area contributed by atoms with Gasteiger partial charge >= 0.3 is 0 Å². The molecule has 66 valence electrons. The summed E-state index contributed by atoms with van der Waals surface area (Å²) >= 11 is 6.52. The summed E-state index contributed by atoms with van der Waals surface area (Å²) < 4.78 is 0. The average molecular weight is 238 g/mol. The second kappa shape index (κ2) is 8.42. The molecule has 0 aromatic rings. The number of thiol groups is 1. The van der Waals surface area contributed by atoms with Crippen LogP contribution in [0.5, 0.6) is 0 Å². The van der Waals surface area contributed by atoms with Gasteiger partial charge in [0.1, 0.15) is 5.40 Å². The van der Waals surface area contributed by atoms with Crippen molar-refractivity contribution in [3.05, 3.63) is 0 Å². The highest BCUT2D eigenvalue weighted by molar-refractivity contribution is 9.09. The minimum atomic E-state index is 0.545. The van der Waals surface area contributed by atoms with E-state index in [0.717, 1.165) is 5.33 Å². The lowest BCUT2D eigenvalue weighted by atomic mass is 9.88. The fourth-order valence-electron chi connectivity index (χ4n) is 0.433. The first-order chi connectivity index (χ1) is 5.04. The average Bonchev–Trinajstić information content (AvgIpc) is 1.90. The SMILES string of the molecule is CCC(C)(C)CCBr.N#CS. The molecule has 1 nitrogen and oxygen atoms in total. The van der Waals surface area contributed by atoms with E-state index in [2.05, 4.69) is 49.3 Å². The van der Waals surface area contributed by atoms with E-state index < -0.39 is 0 Å². The molecule has 0 rings (SSSR count). The lowest BCUT2D eigenvalue weighted by Gasteiger charge is -2.20. The summed E-state index contributed by atoms with van der Waals surface area (Å²) in [5, 5.41) is 9.76. The Morgan fingerprint density at radius 2 is 1.91 bits per heavy atom. The molecule has 0 fully saturated rings. The van der Waals surface area contributed by atoms with Gasteiger partial charge in [-0.2, -0.15) is 5.26 Å². The lowest BCUT2D eigenvalue weighted by molar-refractivity contribution is 0.342. The van der Waals surface area contributed by atoms with Crippen molar-refractivity contribution in [1.29, 1.82) is 5.26 Å². The van der Waals surface area contributed by atoms with Crippen LogP contribution in [0.3, 0.4) is 0 Å². The van der Waals surface area contributed by atoms with Crippen molar-refractivity contribution in [3.8, 4) is 5.40 Å². The summed E-state index contributed by atoms with van der Waals surface area (Å²) in [5.41, 5.74) is 0.545. The Morgan fingerprint density at radius 1 is 1.55 bits per heavy atom. The number of hydrogen-bond donors (Lipinski definition) is 1. The van der Waals surface area contributed by atoms with Gasteiger partial charge in [0.2, 0.25) is 0 Å². The van der Waals surface area contributed by atoms with Gasteiger partial charge in [-0.3, -0.25) is 0 Å². The largest absolute Gasteiger partial charge is 0.185 e. The van der Waals surface area contributed by atoms with Gasteiger partial charge in [0.25, 0.3) is 0 Å². The Morgan fingerprint density at radius 3 is 2.00 bits per heavy atom. The molecule has 3 heteroatoms. The van der Waals surface area contributed by atoms with E-state index in [1.54, 1.807) is 0 Å². The highest BCUT2D eigenvalue weighted by Gasteiger charge is 2.12. The minimum absolute atomic E-state index is 0.545. The Balaban J connectivity index is 0. The van der Waals surface area contributed by atoms with Gasteiger partial charge in [-0.1, -0.05) is 55.8 Å². The third-order valence-electron chi connectivity index (χ3n) is 1.73. The molecule has 0 aliphatic rings. The molecule has 0 saturated heterocycles.